The maximum atomic E-state index is 11.4. The van der Waals surface area contributed by atoms with Crippen molar-refractivity contribution in [1.82, 2.24) is 9.97 Å². The van der Waals surface area contributed by atoms with Crippen LogP contribution in [0.15, 0.2) is 30.8 Å². The van der Waals surface area contributed by atoms with Crippen LogP contribution in [0.2, 0.25) is 10.3 Å². The van der Waals surface area contributed by atoms with Crippen molar-refractivity contribution < 1.29 is 14.3 Å². The molecule has 0 saturated carbocycles. The van der Waals surface area contributed by atoms with Crippen LogP contribution in [-0.2, 0) is 9.47 Å². The standard InChI is InChI=1S/C11H12ClNO.C10H10ClNO2/c1-6-7(2)14-8(3)9-4-5-10(12)13-11(6)9;1-5-6(2)14-10(13)7-3-4-8(11)12-9(5)7/h4-7H,3H2,1-2H3;3-6H,1-2H3/t6-,7+;5-,6+/m10/s1. The van der Waals surface area contributed by atoms with Crippen molar-refractivity contribution in [3.05, 3.63) is 63.7 Å². The van der Waals surface area contributed by atoms with Gasteiger partial charge in [-0.3, -0.25) is 0 Å². The van der Waals surface area contributed by atoms with Gasteiger partial charge >= 0.3 is 5.97 Å². The van der Waals surface area contributed by atoms with E-state index in [1.54, 1.807) is 18.2 Å². The van der Waals surface area contributed by atoms with Crippen LogP contribution in [0.3, 0.4) is 0 Å². The average molecular weight is 421 g/mol. The highest BCUT2D eigenvalue weighted by molar-refractivity contribution is 6.29. The molecule has 4 rings (SSSR count). The number of nitrogens with zero attached hydrogens (tertiary/aromatic N) is 2. The Hall–Kier alpha value is -2.11. The molecule has 0 radical (unpaired) electrons. The number of cyclic esters (lactones) is 1. The molecule has 0 amide bonds. The third-order valence-electron chi connectivity index (χ3n) is 5.19. The fourth-order valence-electron chi connectivity index (χ4n) is 3.17. The van der Waals surface area contributed by atoms with Gasteiger partial charge in [-0.1, -0.05) is 43.6 Å². The summed E-state index contributed by atoms with van der Waals surface area (Å²) in [6, 6.07) is 6.94. The van der Waals surface area contributed by atoms with Gasteiger partial charge in [-0.15, -0.1) is 0 Å². The van der Waals surface area contributed by atoms with Crippen LogP contribution >= 0.6 is 23.2 Å². The first-order chi connectivity index (χ1) is 13.2. The molecule has 0 unspecified atom stereocenters. The van der Waals surface area contributed by atoms with Crippen molar-refractivity contribution in [3.8, 4) is 0 Å². The summed E-state index contributed by atoms with van der Waals surface area (Å²) in [5.74, 6) is 0.736. The summed E-state index contributed by atoms with van der Waals surface area (Å²) in [5, 5.41) is 0.940. The Morgan fingerprint density at radius 3 is 1.86 bits per heavy atom. The van der Waals surface area contributed by atoms with Gasteiger partial charge in [-0.2, -0.15) is 0 Å². The summed E-state index contributed by atoms with van der Waals surface area (Å²) in [4.78, 5) is 19.9. The van der Waals surface area contributed by atoms with Crippen LogP contribution in [-0.4, -0.2) is 28.1 Å². The average Bonchev–Trinajstić information content (AvgIpc) is 2.64. The predicted molar refractivity (Wildman–Crippen MR) is 110 cm³/mol. The smallest absolute Gasteiger partial charge is 0.340 e. The Kier molecular flexibility index (Phi) is 5.96. The number of fused-ring (bicyclic) bond motifs is 2. The maximum Gasteiger partial charge on any atom is 0.340 e. The SMILES string of the molecule is C=C1O[C@@H](C)[C@@H](C)c2nc(Cl)ccc21.C[C@@H]1c2nc(Cl)ccc2C(=O)O[C@@H]1C. The Labute approximate surface area is 174 Å². The molecule has 2 aromatic rings. The maximum absolute atomic E-state index is 11.4. The molecule has 0 fully saturated rings. The molecule has 4 atom stereocenters. The monoisotopic (exact) mass is 420 g/mol. The molecule has 7 heteroatoms. The number of hydrogen-bond acceptors (Lipinski definition) is 5. The van der Waals surface area contributed by atoms with Gasteiger partial charge in [0.05, 0.1) is 17.0 Å². The summed E-state index contributed by atoms with van der Waals surface area (Å²) < 4.78 is 10.7. The fourth-order valence-corrected chi connectivity index (χ4v) is 3.48. The molecular weight excluding hydrogens is 399 g/mol. The lowest BCUT2D eigenvalue weighted by molar-refractivity contribution is 0.0235. The Bertz CT molecular complexity index is 856. The van der Waals surface area contributed by atoms with Crippen LogP contribution < -0.4 is 0 Å². The van der Waals surface area contributed by atoms with E-state index in [2.05, 4.69) is 23.5 Å². The van der Waals surface area contributed by atoms with Gasteiger partial charge in [0.25, 0.3) is 0 Å². The van der Waals surface area contributed by atoms with Gasteiger partial charge in [0, 0.05) is 17.4 Å². The highest BCUT2D eigenvalue weighted by Gasteiger charge is 2.31. The first-order valence-corrected chi connectivity index (χ1v) is 9.84. The van der Waals surface area contributed by atoms with Crippen LogP contribution in [0.1, 0.15) is 66.8 Å². The zero-order chi connectivity index (χ0) is 20.6. The second-order valence-electron chi connectivity index (χ2n) is 7.07. The van der Waals surface area contributed by atoms with E-state index in [-0.39, 0.29) is 30.0 Å². The molecule has 0 saturated heterocycles. The fraction of sp³-hybridized carbons (Fsp3) is 0.381. The number of rotatable bonds is 0. The molecule has 5 nitrogen and oxygen atoms in total. The number of esters is 1. The molecule has 4 heterocycles. The lowest BCUT2D eigenvalue weighted by Gasteiger charge is -2.29. The van der Waals surface area contributed by atoms with Crippen LogP contribution in [0.5, 0.6) is 0 Å². The molecule has 2 aliphatic heterocycles. The van der Waals surface area contributed by atoms with E-state index in [1.807, 2.05) is 26.8 Å². The number of halogens is 2. The van der Waals surface area contributed by atoms with Crippen LogP contribution in [0.25, 0.3) is 5.76 Å². The van der Waals surface area contributed by atoms with Gasteiger partial charge in [-0.05, 0) is 38.1 Å². The zero-order valence-corrected chi connectivity index (χ0v) is 17.7. The van der Waals surface area contributed by atoms with E-state index in [9.17, 15) is 4.79 Å². The summed E-state index contributed by atoms with van der Waals surface area (Å²) in [6.07, 6.45) is -0.0260. The number of carbonyl (C=O) groups excluding carboxylic acids is 1. The largest absolute Gasteiger partial charge is 0.490 e. The minimum absolute atomic E-state index is 0.0985. The van der Waals surface area contributed by atoms with Gasteiger partial charge in [0.15, 0.2) is 0 Å². The molecule has 2 aromatic heterocycles. The van der Waals surface area contributed by atoms with Gasteiger partial charge in [-0.25, -0.2) is 14.8 Å². The molecule has 0 spiro atoms. The highest BCUT2D eigenvalue weighted by atomic mass is 35.5. The Balaban J connectivity index is 0.000000161. The first kappa shape index (κ1) is 20.6. The van der Waals surface area contributed by atoms with Crippen molar-refractivity contribution in [2.75, 3.05) is 0 Å². The van der Waals surface area contributed by atoms with Crippen molar-refractivity contribution in [2.24, 2.45) is 0 Å². The molecule has 2 aliphatic rings. The molecule has 0 aliphatic carbocycles. The molecule has 0 N–H and O–H groups in total. The summed E-state index contributed by atoms with van der Waals surface area (Å²) in [7, 11) is 0. The van der Waals surface area contributed by atoms with Gasteiger partial charge in [0.1, 0.15) is 28.3 Å². The second-order valence-corrected chi connectivity index (χ2v) is 7.84. The van der Waals surface area contributed by atoms with E-state index in [0.717, 1.165) is 17.0 Å². The van der Waals surface area contributed by atoms with Gasteiger partial charge < -0.3 is 9.47 Å². The lowest BCUT2D eigenvalue weighted by atomic mass is 9.93. The third kappa shape index (κ3) is 4.01. The normalized spacial score (nSPS) is 25.5. The van der Waals surface area contributed by atoms with Crippen molar-refractivity contribution in [1.29, 1.82) is 0 Å². The third-order valence-corrected chi connectivity index (χ3v) is 5.61. The predicted octanol–water partition coefficient (Wildman–Crippen LogP) is 5.63. The highest BCUT2D eigenvalue weighted by Crippen LogP contribution is 2.35. The van der Waals surface area contributed by atoms with Crippen molar-refractivity contribution in [3.63, 3.8) is 0 Å². The van der Waals surface area contributed by atoms with Crippen LogP contribution in [0.4, 0.5) is 0 Å². The molecule has 0 aromatic carbocycles. The Morgan fingerprint density at radius 1 is 0.821 bits per heavy atom. The minimum atomic E-state index is -0.310. The minimum Gasteiger partial charge on any atom is -0.490 e. The lowest BCUT2D eigenvalue weighted by Crippen LogP contribution is -2.29. The summed E-state index contributed by atoms with van der Waals surface area (Å²) in [6.45, 7) is 11.8. The van der Waals surface area contributed by atoms with Crippen molar-refractivity contribution in [2.45, 2.75) is 51.7 Å². The van der Waals surface area contributed by atoms with E-state index in [1.165, 1.54) is 0 Å². The first-order valence-electron chi connectivity index (χ1n) is 9.08. The summed E-state index contributed by atoms with van der Waals surface area (Å²) >= 11 is 11.6. The number of ether oxygens (including phenoxy) is 2. The topological polar surface area (TPSA) is 61.3 Å². The van der Waals surface area contributed by atoms with Gasteiger partial charge in [0.2, 0.25) is 0 Å². The van der Waals surface area contributed by atoms with Crippen molar-refractivity contribution >= 4 is 34.9 Å². The van der Waals surface area contributed by atoms with E-state index < -0.39 is 0 Å². The Morgan fingerprint density at radius 2 is 1.29 bits per heavy atom. The zero-order valence-electron chi connectivity index (χ0n) is 16.2. The number of carbonyl (C=O) groups is 1. The molecular formula is C21H22Cl2N2O3. The van der Waals surface area contributed by atoms with E-state index >= 15 is 0 Å². The second kappa shape index (κ2) is 8.10. The number of hydrogen-bond donors (Lipinski definition) is 0. The number of aromatic nitrogens is 2. The molecule has 0 bridgehead atoms. The van der Waals surface area contributed by atoms with E-state index in [0.29, 0.717) is 21.6 Å². The molecule has 28 heavy (non-hydrogen) atoms. The summed E-state index contributed by atoms with van der Waals surface area (Å²) in [5.41, 5.74) is 3.22. The van der Waals surface area contributed by atoms with E-state index in [4.69, 9.17) is 32.7 Å². The van der Waals surface area contributed by atoms with Crippen LogP contribution in [0, 0.1) is 0 Å². The number of pyridine rings is 2. The molecule has 148 valence electrons. The quantitative estimate of drug-likeness (QED) is 0.408.